The van der Waals surface area contributed by atoms with Crippen molar-refractivity contribution < 1.29 is 9.59 Å². The zero-order valence-corrected chi connectivity index (χ0v) is 16.5. The van der Waals surface area contributed by atoms with Crippen molar-refractivity contribution in [2.24, 2.45) is 5.92 Å². The standard InChI is InChI=1S/C22H29N3O2/c1-5-16-11-13-18(14-12-16)19(15(2)3)24-20(17-9-7-6-8-10-17)21(26)25-22(27)23-4/h6-15,19-20,24H,5H2,1-4H3,(H2,23,25,26,27)/t19-,20-/m0/s1. The molecule has 2 rings (SSSR count). The number of rotatable bonds is 7. The molecule has 0 bridgehead atoms. The second-order valence-electron chi connectivity index (χ2n) is 6.90. The molecule has 27 heavy (non-hydrogen) atoms. The van der Waals surface area contributed by atoms with E-state index in [1.54, 1.807) is 0 Å². The van der Waals surface area contributed by atoms with Gasteiger partial charge < -0.3 is 5.32 Å². The molecule has 0 saturated heterocycles. The average molecular weight is 367 g/mol. The van der Waals surface area contributed by atoms with E-state index in [2.05, 4.69) is 61.0 Å². The van der Waals surface area contributed by atoms with E-state index in [4.69, 9.17) is 0 Å². The van der Waals surface area contributed by atoms with Crippen molar-refractivity contribution >= 4 is 11.9 Å². The van der Waals surface area contributed by atoms with E-state index < -0.39 is 12.1 Å². The molecular weight excluding hydrogens is 338 g/mol. The molecule has 3 amide bonds. The quantitative estimate of drug-likeness (QED) is 0.698. The van der Waals surface area contributed by atoms with E-state index in [1.165, 1.54) is 12.6 Å². The molecule has 0 aromatic heterocycles. The topological polar surface area (TPSA) is 70.2 Å². The van der Waals surface area contributed by atoms with Gasteiger partial charge in [-0.3, -0.25) is 15.4 Å². The summed E-state index contributed by atoms with van der Waals surface area (Å²) < 4.78 is 0. The van der Waals surface area contributed by atoms with E-state index in [0.29, 0.717) is 0 Å². The minimum atomic E-state index is -0.637. The predicted molar refractivity (Wildman–Crippen MR) is 108 cm³/mol. The molecule has 0 aliphatic heterocycles. The summed E-state index contributed by atoms with van der Waals surface area (Å²) in [5, 5.41) is 8.28. The second kappa shape index (κ2) is 9.88. The van der Waals surface area contributed by atoms with Crippen LogP contribution in [-0.4, -0.2) is 19.0 Å². The number of amides is 3. The summed E-state index contributed by atoms with van der Waals surface area (Å²) in [5.74, 6) is -0.118. The number of carbonyl (C=O) groups excluding carboxylic acids is 2. The Hall–Kier alpha value is -2.66. The van der Waals surface area contributed by atoms with Crippen molar-refractivity contribution in [3.63, 3.8) is 0 Å². The van der Waals surface area contributed by atoms with Crippen molar-refractivity contribution in [3.8, 4) is 0 Å². The number of urea groups is 1. The van der Waals surface area contributed by atoms with Crippen LogP contribution in [0.4, 0.5) is 4.79 Å². The van der Waals surface area contributed by atoms with Crippen LogP contribution in [0.3, 0.4) is 0 Å². The molecule has 0 fully saturated rings. The summed E-state index contributed by atoms with van der Waals surface area (Å²) in [5.41, 5.74) is 3.21. The van der Waals surface area contributed by atoms with E-state index >= 15 is 0 Å². The van der Waals surface area contributed by atoms with Gasteiger partial charge in [0.25, 0.3) is 0 Å². The summed E-state index contributed by atoms with van der Waals surface area (Å²) in [4.78, 5) is 24.4. The first-order valence-electron chi connectivity index (χ1n) is 9.38. The summed E-state index contributed by atoms with van der Waals surface area (Å²) in [7, 11) is 1.49. The first-order chi connectivity index (χ1) is 13.0. The number of nitrogens with one attached hydrogen (secondary N) is 3. The van der Waals surface area contributed by atoms with Crippen LogP contribution in [0.5, 0.6) is 0 Å². The third-order valence-corrected chi connectivity index (χ3v) is 4.62. The lowest BCUT2D eigenvalue weighted by molar-refractivity contribution is -0.122. The summed E-state index contributed by atoms with van der Waals surface area (Å²) in [6.07, 6.45) is 0.987. The van der Waals surface area contributed by atoms with Gasteiger partial charge in [0.2, 0.25) is 5.91 Å². The molecule has 0 aliphatic carbocycles. The van der Waals surface area contributed by atoms with Crippen LogP contribution < -0.4 is 16.0 Å². The maximum atomic E-state index is 12.8. The van der Waals surface area contributed by atoms with Gasteiger partial charge in [-0.2, -0.15) is 0 Å². The van der Waals surface area contributed by atoms with Crippen LogP contribution in [0, 0.1) is 5.92 Å². The molecule has 5 heteroatoms. The van der Waals surface area contributed by atoms with Gasteiger partial charge in [0.15, 0.2) is 0 Å². The van der Waals surface area contributed by atoms with E-state index in [1.807, 2.05) is 30.3 Å². The molecule has 5 nitrogen and oxygen atoms in total. The molecule has 0 spiro atoms. The lowest BCUT2D eigenvalue weighted by atomic mass is 9.93. The Balaban J connectivity index is 2.32. The SMILES string of the molecule is CCc1ccc([C@@H](N[C@H](C(=O)NC(=O)NC)c2ccccc2)C(C)C)cc1. The lowest BCUT2D eigenvalue weighted by Crippen LogP contribution is -2.45. The Morgan fingerprint density at radius 1 is 0.926 bits per heavy atom. The summed E-state index contributed by atoms with van der Waals surface area (Å²) in [6, 6.07) is 16.7. The zero-order valence-electron chi connectivity index (χ0n) is 16.5. The van der Waals surface area contributed by atoms with E-state index in [-0.39, 0.29) is 17.9 Å². The normalized spacial score (nSPS) is 13.1. The number of hydrogen-bond donors (Lipinski definition) is 3. The molecular formula is C22H29N3O2. The molecule has 0 saturated carbocycles. The van der Waals surface area contributed by atoms with Gasteiger partial charge in [-0.05, 0) is 29.0 Å². The minimum Gasteiger partial charge on any atom is -0.341 e. The lowest BCUT2D eigenvalue weighted by Gasteiger charge is -2.28. The number of hydrogen-bond acceptors (Lipinski definition) is 3. The fourth-order valence-corrected chi connectivity index (χ4v) is 3.03. The number of aryl methyl sites for hydroxylation is 1. The fraction of sp³-hybridized carbons (Fsp3) is 0.364. The maximum absolute atomic E-state index is 12.8. The Morgan fingerprint density at radius 3 is 2.07 bits per heavy atom. The highest BCUT2D eigenvalue weighted by molar-refractivity contribution is 5.97. The predicted octanol–water partition coefficient (Wildman–Crippen LogP) is 3.73. The minimum absolute atomic E-state index is 0.0310. The van der Waals surface area contributed by atoms with Gasteiger partial charge in [-0.25, -0.2) is 4.79 Å². The molecule has 2 aromatic carbocycles. The Kier molecular flexibility index (Phi) is 7.55. The van der Waals surface area contributed by atoms with Crippen LogP contribution >= 0.6 is 0 Å². The summed E-state index contributed by atoms with van der Waals surface area (Å²) >= 11 is 0. The van der Waals surface area contributed by atoms with E-state index in [9.17, 15) is 9.59 Å². The Bertz CT molecular complexity index is 742. The van der Waals surface area contributed by atoms with Crippen LogP contribution in [0.2, 0.25) is 0 Å². The monoisotopic (exact) mass is 367 g/mol. The van der Waals surface area contributed by atoms with Gasteiger partial charge >= 0.3 is 6.03 Å². The number of benzene rings is 2. The van der Waals surface area contributed by atoms with Crippen molar-refractivity contribution in [2.45, 2.75) is 39.3 Å². The fourth-order valence-electron chi connectivity index (χ4n) is 3.03. The molecule has 3 N–H and O–H groups in total. The van der Waals surface area contributed by atoms with Crippen molar-refractivity contribution in [2.75, 3.05) is 7.05 Å². The average Bonchev–Trinajstić information content (AvgIpc) is 2.69. The number of carbonyl (C=O) groups is 2. The van der Waals surface area contributed by atoms with Crippen LogP contribution in [0.15, 0.2) is 54.6 Å². The maximum Gasteiger partial charge on any atom is 0.321 e. The third kappa shape index (κ3) is 5.66. The Morgan fingerprint density at radius 2 is 1.56 bits per heavy atom. The van der Waals surface area contributed by atoms with E-state index in [0.717, 1.165) is 17.5 Å². The van der Waals surface area contributed by atoms with Crippen molar-refractivity contribution in [1.82, 2.24) is 16.0 Å². The van der Waals surface area contributed by atoms with Crippen LogP contribution in [0.25, 0.3) is 0 Å². The van der Waals surface area contributed by atoms with Gasteiger partial charge in [0.1, 0.15) is 6.04 Å². The molecule has 0 radical (unpaired) electrons. The first-order valence-corrected chi connectivity index (χ1v) is 9.38. The van der Waals surface area contributed by atoms with Gasteiger partial charge in [-0.1, -0.05) is 75.4 Å². The van der Waals surface area contributed by atoms with Gasteiger partial charge in [0, 0.05) is 13.1 Å². The third-order valence-electron chi connectivity index (χ3n) is 4.62. The molecule has 0 heterocycles. The smallest absolute Gasteiger partial charge is 0.321 e. The Labute approximate surface area is 161 Å². The first kappa shape index (κ1) is 20.6. The molecule has 0 aliphatic rings. The number of imide groups is 1. The highest BCUT2D eigenvalue weighted by Crippen LogP contribution is 2.26. The molecule has 2 aromatic rings. The largest absolute Gasteiger partial charge is 0.341 e. The highest BCUT2D eigenvalue weighted by atomic mass is 16.2. The van der Waals surface area contributed by atoms with Crippen molar-refractivity contribution in [1.29, 1.82) is 0 Å². The van der Waals surface area contributed by atoms with Crippen molar-refractivity contribution in [3.05, 3.63) is 71.3 Å². The van der Waals surface area contributed by atoms with Crippen LogP contribution in [-0.2, 0) is 11.2 Å². The zero-order chi connectivity index (χ0) is 19.8. The second-order valence-corrected chi connectivity index (χ2v) is 6.90. The molecule has 2 atom stereocenters. The van der Waals surface area contributed by atoms with Gasteiger partial charge in [0.05, 0.1) is 0 Å². The summed E-state index contributed by atoms with van der Waals surface area (Å²) in [6.45, 7) is 6.36. The molecule has 144 valence electrons. The highest BCUT2D eigenvalue weighted by Gasteiger charge is 2.27. The molecule has 0 unspecified atom stereocenters. The van der Waals surface area contributed by atoms with Crippen LogP contribution in [0.1, 0.15) is 49.5 Å². The van der Waals surface area contributed by atoms with Gasteiger partial charge in [-0.15, -0.1) is 0 Å².